The van der Waals surface area contributed by atoms with Gasteiger partial charge in [0, 0.05) is 6.61 Å². The van der Waals surface area contributed by atoms with Crippen molar-refractivity contribution in [3.05, 3.63) is 23.7 Å². The molecule has 0 aliphatic heterocycles. The zero-order valence-electron chi connectivity index (χ0n) is 9.16. The summed E-state index contributed by atoms with van der Waals surface area (Å²) in [5, 5.41) is 11.9. The van der Waals surface area contributed by atoms with Crippen molar-refractivity contribution in [1.82, 2.24) is 5.32 Å². The number of hydrogen-bond acceptors (Lipinski definition) is 4. The van der Waals surface area contributed by atoms with Gasteiger partial charge >= 0.3 is 0 Å². The molecule has 15 heavy (non-hydrogen) atoms. The van der Waals surface area contributed by atoms with Gasteiger partial charge in [-0.3, -0.25) is 0 Å². The monoisotopic (exact) mass is 229 g/mol. The average molecular weight is 229 g/mol. The second-order valence-electron chi connectivity index (χ2n) is 3.41. The van der Waals surface area contributed by atoms with E-state index in [1.54, 1.807) is 11.8 Å². The molecule has 0 spiro atoms. The van der Waals surface area contributed by atoms with Gasteiger partial charge in [0.05, 0.1) is 12.3 Å². The van der Waals surface area contributed by atoms with Crippen LogP contribution in [0.4, 0.5) is 0 Å². The minimum absolute atomic E-state index is 0.278. The second kappa shape index (κ2) is 7.79. The second-order valence-corrected chi connectivity index (χ2v) is 4.27. The van der Waals surface area contributed by atoms with E-state index in [-0.39, 0.29) is 6.61 Å². The van der Waals surface area contributed by atoms with Crippen LogP contribution in [0.5, 0.6) is 0 Å². The summed E-state index contributed by atoms with van der Waals surface area (Å²) in [4.78, 5) is 0. The topological polar surface area (TPSA) is 45.4 Å². The summed E-state index contributed by atoms with van der Waals surface area (Å²) in [6.07, 6.45) is 3.94. The highest BCUT2D eigenvalue weighted by Gasteiger charge is 2.00. The van der Waals surface area contributed by atoms with E-state index in [0.29, 0.717) is 0 Å². The lowest BCUT2D eigenvalue weighted by Crippen LogP contribution is -2.14. The van der Waals surface area contributed by atoms with Gasteiger partial charge in [-0.05, 0) is 37.8 Å². The average Bonchev–Trinajstić information content (AvgIpc) is 2.66. The van der Waals surface area contributed by atoms with Crippen LogP contribution in [0, 0.1) is 0 Å². The molecule has 0 atom stereocenters. The predicted octanol–water partition coefficient (Wildman–Crippen LogP) is 2.00. The highest BCUT2D eigenvalue weighted by atomic mass is 32.2. The molecule has 0 radical (unpaired) electrons. The Bertz CT molecular complexity index is 263. The van der Waals surface area contributed by atoms with Gasteiger partial charge in [0.2, 0.25) is 0 Å². The lowest BCUT2D eigenvalue weighted by Gasteiger charge is -2.01. The summed E-state index contributed by atoms with van der Waals surface area (Å²) >= 11 is 1.76. The van der Waals surface area contributed by atoms with Crippen LogP contribution < -0.4 is 5.32 Å². The molecular formula is C11H19NO2S. The zero-order valence-corrected chi connectivity index (χ0v) is 9.98. The molecule has 0 aliphatic rings. The molecule has 0 unspecified atom stereocenters. The van der Waals surface area contributed by atoms with Crippen molar-refractivity contribution in [3.8, 4) is 0 Å². The molecular weight excluding hydrogens is 210 g/mol. The SMILES string of the molecule is CSCc1ccc(CNCCCCO)o1. The molecule has 0 amide bonds. The molecule has 4 heteroatoms. The van der Waals surface area contributed by atoms with Crippen molar-refractivity contribution < 1.29 is 9.52 Å². The first kappa shape index (κ1) is 12.6. The van der Waals surface area contributed by atoms with Crippen molar-refractivity contribution in [3.63, 3.8) is 0 Å². The number of unbranched alkanes of at least 4 members (excludes halogenated alkanes) is 1. The van der Waals surface area contributed by atoms with E-state index < -0.39 is 0 Å². The zero-order chi connectivity index (χ0) is 10.9. The van der Waals surface area contributed by atoms with Crippen molar-refractivity contribution in [1.29, 1.82) is 0 Å². The minimum atomic E-state index is 0.278. The predicted molar refractivity (Wildman–Crippen MR) is 64.0 cm³/mol. The molecule has 0 fully saturated rings. The molecule has 0 saturated heterocycles. The van der Waals surface area contributed by atoms with Crippen molar-refractivity contribution >= 4 is 11.8 Å². The maximum atomic E-state index is 8.60. The molecule has 1 heterocycles. The number of aliphatic hydroxyl groups excluding tert-OH is 1. The number of rotatable bonds is 8. The summed E-state index contributed by atoms with van der Waals surface area (Å²) in [5.41, 5.74) is 0. The summed E-state index contributed by atoms with van der Waals surface area (Å²) < 4.78 is 5.60. The molecule has 1 aromatic rings. The van der Waals surface area contributed by atoms with Gasteiger partial charge in [-0.1, -0.05) is 0 Å². The van der Waals surface area contributed by atoms with Gasteiger partial charge in [-0.15, -0.1) is 0 Å². The lowest BCUT2D eigenvalue weighted by molar-refractivity contribution is 0.283. The molecule has 0 aliphatic carbocycles. The minimum Gasteiger partial charge on any atom is -0.464 e. The summed E-state index contributed by atoms with van der Waals surface area (Å²) in [5.74, 6) is 2.96. The van der Waals surface area contributed by atoms with E-state index in [0.717, 1.165) is 43.2 Å². The molecule has 3 nitrogen and oxygen atoms in total. The Kier molecular flexibility index (Phi) is 6.55. The fourth-order valence-electron chi connectivity index (χ4n) is 1.31. The van der Waals surface area contributed by atoms with Gasteiger partial charge in [0.1, 0.15) is 11.5 Å². The highest BCUT2D eigenvalue weighted by Crippen LogP contribution is 2.13. The largest absolute Gasteiger partial charge is 0.464 e. The normalized spacial score (nSPS) is 10.8. The Morgan fingerprint density at radius 3 is 2.87 bits per heavy atom. The number of nitrogens with one attached hydrogen (secondary N) is 1. The van der Waals surface area contributed by atoms with E-state index in [1.165, 1.54) is 0 Å². The fraction of sp³-hybridized carbons (Fsp3) is 0.636. The highest BCUT2D eigenvalue weighted by molar-refractivity contribution is 7.97. The number of furan rings is 1. The summed E-state index contributed by atoms with van der Waals surface area (Å²) in [6, 6.07) is 4.05. The first-order valence-electron chi connectivity index (χ1n) is 5.25. The van der Waals surface area contributed by atoms with E-state index in [2.05, 4.69) is 11.6 Å². The first-order chi connectivity index (χ1) is 7.36. The summed E-state index contributed by atoms with van der Waals surface area (Å²) in [7, 11) is 0. The number of aliphatic hydroxyl groups is 1. The Morgan fingerprint density at radius 2 is 2.13 bits per heavy atom. The maximum absolute atomic E-state index is 8.60. The molecule has 86 valence electrons. The van der Waals surface area contributed by atoms with Gasteiger partial charge in [-0.25, -0.2) is 0 Å². The van der Waals surface area contributed by atoms with Crippen LogP contribution >= 0.6 is 11.8 Å². The van der Waals surface area contributed by atoms with Crippen molar-refractivity contribution in [2.75, 3.05) is 19.4 Å². The molecule has 1 rings (SSSR count). The van der Waals surface area contributed by atoms with E-state index in [9.17, 15) is 0 Å². The molecule has 1 aromatic heterocycles. The van der Waals surface area contributed by atoms with Crippen LogP contribution in [-0.4, -0.2) is 24.5 Å². The molecule has 0 bridgehead atoms. The third kappa shape index (κ3) is 5.25. The van der Waals surface area contributed by atoms with Crippen LogP contribution in [0.15, 0.2) is 16.5 Å². The first-order valence-corrected chi connectivity index (χ1v) is 6.64. The fourth-order valence-corrected chi connectivity index (χ4v) is 1.75. The van der Waals surface area contributed by atoms with Gasteiger partial charge in [0.25, 0.3) is 0 Å². The third-order valence-corrected chi connectivity index (χ3v) is 2.64. The van der Waals surface area contributed by atoms with Crippen molar-refractivity contribution in [2.45, 2.75) is 25.1 Å². The van der Waals surface area contributed by atoms with E-state index in [1.807, 2.05) is 12.1 Å². The van der Waals surface area contributed by atoms with Gasteiger partial charge < -0.3 is 14.8 Å². The smallest absolute Gasteiger partial charge is 0.117 e. The summed E-state index contributed by atoms with van der Waals surface area (Å²) in [6.45, 7) is 1.99. The Hall–Kier alpha value is -0.450. The van der Waals surface area contributed by atoms with Gasteiger partial charge in [-0.2, -0.15) is 11.8 Å². The lowest BCUT2D eigenvalue weighted by atomic mass is 10.3. The number of thioether (sulfide) groups is 1. The Morgan fingerprint density at radius 1 is 1.33 bits per heavy atom. The van der Waals surface area contributed by atoms with Crippen LogP contribution in [0.1, 0.15) is 24.4 Å². The third-order valence-electron chi connectivity index (χ3n) is 2.06. The van der Waals surface area contributed by atoms with E-state index >= 15 is 0 Å². The van der Waals surface area contributed by atoms with Gasteiger partial charge in [0.15, 0.2) is 0 Å². The van der Waals surface area contributed by atoms with Crippen LogP contribution in [-0.2, 0) is 12.3 Å². The number of hydrogen-bond donors (Lipinski definition) is 2. The molecule has 0 aromatic carbocycles. The Balaban J connectivity index is 2.14. The Labute approximate surface area is 95.2 Å². The van der Waals surface area contributed by atoms with E-state index in [4.69, 9.17) is 9.52 Å². The van der Waals surface area contributed by atoms with Crippen LogP contribution in [0.25, 0.3) is 0 Å². The standard InChI is InChI=1S/C11H19NO2S/c1-15-9-11-5-4-10(14-11)8-12-6-2-3-7-13/h4-5,12-13H,2-3,6-9H2,1H3. The van der Waals surface area contributed by atoms with Crippen molar-refractivity contribution in [2.24, 2.45) is 0 Å². The molecule has 0 saturated carbocycles. The van der Waals surface area contributed by atoms with Crippen LogP contribution in [0.3, 0.4) is 0 Å². The van der Waals surface area contributed by atoms with Crippen LogP contribution in [0.2, 0.25) is 0 Å². The molecule has 2 N–H and O–H groups in total. The maximum Gasteiger partial charge on any atom is 0.117 e. The quantitative estimate of drug-likeness (QED) is 0.669.